The predicted molar refractivity (Wildman–Crippen MR) is 91.6 cm³/mol. The van der Waals surface area contributed by atoms with E-state index in [1.54, 1.807) is 12.4 Å². The van der Waals surface area contributed by atoms with E-state index in [2.05, 4.69) is 9.97 Å². The summed E-state index contributed by atoms with van der Waals surface area (Å²) in [4.78, 5) is 22.6. The number of carbonyl (C=O) groups is 1. The molecule has 1 aliphatic heterocycles. The molecule has 1 aliphatic rings. The van der Waals surface area contributed by atoms with E-state index in [4.69, 9.17) is 10.5 Å². The van der Waals surface area contributed by atoms with Gasteiger partial charge in [0.2, 0.25) is 0 Å². The Morgan fingerprint density at radius 1 is 1.38 bits per heavy atom. The summed E-state index contributed by atoms with van der Waals surface area (Å²) in [6, 6.07) is 7.53. The van der Waals surface area contributed by atoms with Crippen LogP contribution < -0.4 is 5.73 Å². The molecule has 0 radical (unpaired) electrons. The molecule has 3 heterocycles. The van der Waals surface area contributed by atoms with Gasteiger partial charge < -0.3 is 15.4 Å². The standard InChI is InChI=1S/C18H22N4O2/c1-13-2-4-15(11-21-13)18(23)22-8-9-24-16(12-22)5-3-14-6-7-20-17(19)10-14/h2,4,6-7,10-11,16H,3,5,8-9,12H2,1H3,(H2,19,20)/t16-/m1/s1. The van der Waals surface area contributed by atoms with Gasteiger partial charge in [0.05, 0.1) is 18.3 Å². The van der Waals surface area contributed by atoms with Gasteiger partial charge in [-0.3, -0.25) is 9.78 Å². The van der Waals surface area contributed by atoms with Crippen LogP contribution in [0.4, 0.5) is 5.82 Å². The highest BCUT2D eigenvalue weighted by Crippen LogP contribution is 2.15. The van der Waals surface area contributed by atoms with Crippen LogP contribution in [-0.2, 0) is 11.2 Å². The predicted octanol–water partition coefficient (Wildman–Crippen LogP) is 1.84. The van der Waals surface area contributed by atoms with Crippen molar-refractivity contribution in [2.24, 2.45) is 0 Å². The number of nitrogens with zero attached hydrogens (tertiary/aromatic N) is 3. The van der Waals surface area contributed by atoms with E-state index in [0.717, 1.165) is 24.1 Å². The Bertz CT molecular complexity index is 702. The Morgan fingerprint density at radius 3 is 3.00 bits per heavy atom. The van der Waals surface area contributed by atoms with Crippen molar-refractivity contribution in [2.75, 3.05) is 25.4 Å². The third-order valence-corrected chi connectivity index (χ3v) is 4.18. The number of rotatable bonds is 4. The molecule has 126 valence electrons. The Balaban J connectivity index is 1.57. The number of amides is 1. The van der Waals surface area contributed by atoms with Gasteiger partial charge in [0.25, 0.3) is 5.91 Å². The number of ether oxygens (including phenoxy) is 1. The molecule has 0 aromatic carbocycles. The number of aromatic nitrogens is 2. The van der Waals surface area contributed by atoms with Gasteiger partial charge >= 0.3 is 0 Å². The highest BCUT2D eigenvalue weighted by Gasteiger charge is 2.25. The third kappa shape index (κ3) is 4.08. The molecule has 0 saturated carbocycles. The van der Waals surface area contributed by atoms with Crippen LogP contribution in [0.25, 0.3) is 0 Å². The van der Waals surface area contributed by atoms with Gasteiger partial charge in [0.15, 0.2) is 0 Å². The molecule has 24 heavy (non-hydrogen) atoms. The molecular weight excluding hydrogens is 304 g/mol. The van der Waals surface area contributed by atoms with Crippen molar-refractivity contribution < 1.29 is 9.53 Å². The fourth-order valence-electron chi connectivity index (χ4n) is 2.83. The zero-order valence-corrected chi connectivity index (χ0v) is 13.8. The quantitative estimate of drug-likeness (QED) is 0.927. The van der Waals surface area contributed by atoms with Gasteiger partial charge in [-0.25, -0.2) is 4.98 Å². The highest BCUT2D eigenvalue weighted by atomic mass is 16.5. The topological polar surface area (TPSA) is 81.3 Å². The Morgan fingerprint density at radius 2 is 2.25 bits per heavy atom. The van der Waals surface area contributed by atoms with Crippen molar-refractivity contribution in [3.8, 4) is 0 Å². The number of hydrogen-bond donors (Lipinski definition) is 1. The fourth-order valence-corrected chi connectivity index (χ4v) is 2.83. The molecule has 2 N–H and O–H groups in total. The number of morpholine rings is 1. The molecule has 2 aromatic heterocycles. The lowest BCUT2D eigenvalue weighted by Crippen LogP contribution is -2.45. The van der Waals surface area contributed by atoms with E-state index in [-0.39, 0.29) is 12.0 Å². The number of carbonyl (C=O) groups excluding carboxylic acids is 1. The SMILES string of the molecule is Cc1ccc(C(=O)N2CCO[C@H](CCc3ccnc(N)c3)C2)cn1. The lowest BCUT2D eigenvalue weighted by Gasteiger charge is -2.33. The maximum Gasteiger partial charge on any atom is 0.255 e. The lowest BCUT2D eigenvalue weighted by molar-refractivity contribution is -0.0246. The van der Waals surface area contributed by atoms with Crippen molar-refractivity contribution in [1.29, 1.82) is 0 Å². The van der Waals surface area contributed by atoms with Gasteiger partial charge in [0.1, 0.15) is 5.82 Å². The third-order valence-electron chi connectivity index (χ3n) is 4.18. The first-order valence-electron chi connectivity index (χ1n) is 8.16. The van der Waals surface area contributed by atoms with Gasteiger partial charge in [-0.1, -0.05) is 0 Å². The molecule has 6 heteroatoms. The molecule has 0 bridgehead atoms. The molecular formula is C18H22N4O2. The monoisotopic (exact) mass is 326 g/mol. The summed E-state index contributed by atoms with van der Waals surface area (Å²) < 4.78 is 5.81. The smallest absolute Gasteiger partial charge is 0.255 e. The maximum absolute atomic E-state index is 12.6. The minimum atomic E-state index is 0.0176. The van der Waals surface area contributed by atoms with E-state index < -0.39 is 0 Å². The molecule has 1 fully saturated rings. The molecule has 1 atom stereocenters. The summed E-state index contributed by atoms with van der Waals surface area (Å²) in [6.07, 6.45) is 5.09. The number of nitrogen functional groups attached to an aromatic ring is 1. The summed E-state index contributed by atoms with van der Waals surface area (Å²) in [5, 5.41) is 0. The van der Waals surface area contributed by atoms with Crippen molar-refractivity contribution in [3.05, 3.63) is 53.5 Å². The average molecular weight is 326 g/mol. The Labute approximate surface area is 141 Å². The Kier molecular flexibility index (Phi) is 5.05. The first-order valence-corrected chi connectivity index (χ1v) is 8.16. The van der Waals surface area contributed by atoms with E-state index >= 15 is 0 Å². The van der Waals surface area contributed by atoms with Crippen molar-refractivity contribution >= 4 is 11.7 Å². The molecule has 1 saturated heterocycles. The summed E-state index contributed by atoms with van der Waals surface area (Å²) in [7, 11) is 0. The van der Waals surface area contributed by atoms with Crippen LogP contribution >= 0.6 is 0 Å². The second-order valence-corrected chi connectivity index (χ2v) is 6.06. The van der Waals surface area contributed by atoms with Gasteiger partial charge in [0, 0.05) is 31.2 Å². The van der Waals surface area contributed by atoms with Crippen molar-refractivity contribution in [1.82, 2.24) is 14.9 Å². The van der Waals surface area contributed by atoms with Gasteiger partial charge in [-0.15, -0.1) is 0 Å². The number of pyridine rings is 2. The second kappa shape index (κ2) is 7.40. The second-order valence-electron chi connectivity index (χ2n) is 6.06. The van der Waals surface area contributed by atoms with Gasteiger partial charge in [-0.05, 0) is 49.6 Å². The number of anilines is 1. The maximum atomic E-state index is 12.6. The largest absolute Gasteiger partial charge is 0.384 e. The van der Waals surface area contributed by atoms with E-state index in [1.165, 1.54) is 0 Å². The average Bonchev–Trinajstić information content (AvgIpc) is 2.60. The summed E-state index contributed by atoms with van der Waals surface area (Å²) >= 11 is 0. The molecule has 0 spiro atoms. The van der Waals surface area contributed by atoms with Crippen LogP contribution in [0.5, 0.6) is 0 Å². The molecule has 0 unspecified atom stereocenters. The van der Waals surface area contributed by atoms with Crippen LogP contribution in [0.3, 0.4) is 0 Å². The van der Waals surface area contributed by atoms with E-state index in [0.29, 0.717) is 31.1 Å². The first kappa shape index (κ1) is 16.4. The highest BCUT2D eigenvalue weighted by molar-refractivity contribution is 5.94. The minimum absolute atomic E-state index is 0.0176. The van der Waals surface area contributed by atoms with Crippen LogP contribution in [-0.4, -0.2) is 46.6 Å². The van der Waals surface area contributed by atoms with Gasteiger partial charge in [-0.2, -0.15) is 0 Å². The zero-order chi connectivity index (χ0) is 16.9. The van der Waals surface area contributed by atoms with Crippen LogP contribution in [0, 0.1) is 6.92 Å². The summed E-state index contributed by atoms with van der Waals surface area (Å²) in [5.74, 6) is 0.546. The molecule has 6 nitrogen and oxygen atoms in total. The van der Waals surface area contributed by atoms with E-state index in [1.807, 2.05) is 36.1 Å². The fraction of sp³-hybridized carbons (Fsp3) is 0.389. The number of aryl methyl sites for hydroxylation is 2. The van der Waals surface area contributed by atoms with Crippen LogP contribution in [0.1, 0.15) is 28.0 Å². The minimum Gasteiger partial charge on any atom is -0.384 e. The first-order chi connectivity index (χ1) is 11.6. The normalized spacial score (nSPS) is 17.7. The molecule has 2 aromatic rings. The summed E-state index contributed by atoms with van der Waals surface area (Å²) in [6.45, 7) is 3.69. The number of nitrogens with two attached hydrogens (primary N) is 1. The summed E-state index contributed by atoms with van der Waals surface area (Å²) in [5.41, 5.74) is 8.37. The lowest BCUT2D eigenvalue weighted by atomic mass is 10.1. The molecule has 1 amide bonds. The van der Waals surface area contributed by atoms with Crippen molar-refractivity contribution in [3.63, 3.8) is 0 Å². The Hall–Kier alpha value is -2.47. The van der Waals surface area contributed by atoms with Crippen LogP contribution in [0.2, 0.25) is 0 Å². The van der Waals surface area contributed by atoms with Crippen LogP contribution in [0.15, 0.2) is 36.7 Å². The number of hydrogen-bond acceptors (Lipinski definition) is 5. The molecule has 3 rings (SSSR count). The van der Waals surface area contributed by atoms with Crippen molar-refractivity contribution in [2.45, 2.75) is 25.9 Å². The molecule has 0 aliphatic carbocycles. The van der Waals surface area contributed by atoms with E-state index in [9.17, 15) is 4.79 Å². The zero-order valence-electron chi connectivity index (χ0n) is 13.8.